The van der Waals surface area contributed by atoms with E-state index in [1.165, 1.54) is 6.07 Å². The van der Waals surface area contributed by atoms with Crippen molar-refractivity contribution in [2.24, 2.45) is 5.92 Å². The quantitative estimate of drug-likeness (QED) is 0.655. The molecule has 1 amide bonds. The molecular formula is C20H26N6O3. The Morgan fingerprint density at radius 3 is 2.66 bits per heavy atom. The lowest BCUT2D eigenvalue weighted by Crippen LogP contribution is -2.30. The van der Waals surface area contributed by atoms with Gasteiger partial charge in [0, 0.05) is 29.9 Å². The minimum absolute atomic E-state index is 0.0415. The van der Waals surface area contributed by atoms with Gasteiger partial charge in [-0.05, 0) is 18.9 Å². The highest BCUT2D eigenvalue weighted by atomic mass is 16.5. The van der Waals surface area contributed by atoms with E-state index in [-0.39, 0.29) is 12.5 Å². The number of nitrogens with zero attached hydrogens (tertiary/aromatic N) is 5. The van der Waals surface area contributed by atoms with Gasteiger partial charge in [0.2, 0.25) is 5.91 Å². The van der Waals surface area contributed by atoms with Crippen molar-refractivity contribution >= 4 is 17.4 Å². The van der Waals surface area contributed by atoms with E-state index >= 15 is 0 Å². The van der Waals surface area contributed by atoms with E-state index in [4.69, 9.17) is 4.74 Å². The van der Waals surface area contributed by atoms with E-state index in [1.54, 1.807) is 16.8 Å². The SMILES string of the molecule is Cc1ccn2nc(NC(=O)Cn3nc(C(C)C)c(OCC(C)C)cc3=O)cc2n1. The number of ether oxygens (including phenoxy) is 1. The molecule has 0 unspecified atom stereocenters. The first kappa shape index (κ1) is 20.5. The zero-order valence-electron chi connectivity index (χ0n) is 17.3. The third-order valence-corrected chi connectivity index (χ3v) is 4.13. The summed E-state index contributed by atoms with van der Waals surface area (Å²) in [6.45, 7) is 10.1. The van der Waals surface area contributed by atoms with Gasteiger partial charge in [0.05, 0.1) is 6.61 Å². The van der Waals surface area contributed by atoms with Crippen LogP contribution in [-0.2, 0) is 11.3 Å². The fourth-order valence-electron chi connectivity index (χ4n) is 2.73. The molecule has 0 atom stereocenters. The first-order valence-electron chi connectivity index (χ1n) is 9.60. The number of aryl methyl sites for hydroxylation is 1. The second kappa shape index (κ2) is 8.42. The van der Waals surface area contributed by atoms with Crippen LogP contribution in [-0.4, -0.2) is 36.9 Å². The van der Waals surface area contributed by atoms with Gasteiger partial charge in [-0.15, -0.1) is 5.10 Å². The molecule has 1 N–H and O–H groups in total. The van der Waals surface area contributed by atoms with Crippen LogP contribution in [0.3, 0.4) is 0 Å². The van der Waals surface area contributed by atoms with Crippen molar-refractivity contribution in [2.75, 3.05) is 11.9 Å². The molecule has 0 spiro atoms. The molecule has 0 aliphatic carbocycles. The van der Waals surface area contributed by atoms with Gasteiger partial charge in [0.15, 0.2) is 11.5 Å². The molecule has 0 bridgehead atoms. The molecule has 3 aromatic heterocycles. The van der Waals surface area contributed by atoms with Crippen LogP contribution < -0.4 is 15.6 Å². The highest BCUT2D eigenvalue weighted by molar-refractivity contribution is 5.90. The summed E-state index contributed by atoms with van der Waals surface area (Å²) in [4.78, 5) is 29.2. The summed E-state index contributed by atoms with van der Waals surface area (Å²) in [6, 6.07) is 4.89. The van der Waals surface area contributed by atoms with Crippen molar-refractivity contribution in [3.05, 3.63) is 46.1 Å². The van der Waals surface area contributed by atoms with Gasteiger partial charge in [0.25, 0.3) is 5.56 Å². The number of rotatable bonds is 7. The normalized spacial score (nSPS) is 11.4. The second-order valence-corrected chi connectivity index (χ2v) is 7.70. The smallest absolute Gasteiger partial charge is 0.270 e. The van der Waals surface area contributed by atoms with Gasteiger partial charge in [0.1, 0.15) is 18.0 Å². The molecule has 9 heteroatoms. The summed E-state index contributed by atoms with van der Waals surface area (Å²) in [6.07, 6.45) is 1.77. The number of hydrogen-bond acceptors (Lipinski definition) is 6. The maximum atomic E-state index is 12.4. The predicted molar refractivity (Wildman–Crippen MR) is 109 cm³/mol. The number of carbonyl (C=O) groups is 1. The van der Waals surface area contributed by atoms with E-state index in [9.17, 15) is 9.59 Å². The molecule has 3 aromatic rings. The summed E-state index contributed by atoms with van der Waals surface area (Å²) in [7, 11) is 0. The Labute approximate surface area is 168 Å². The molecule has 0 saturated carbocycles. The number of amides is 1. The Kier molecular flexibility index (Phi) is 5.95. The Hall–Kier alpha value is -3.23. The fraction of sp³-hybridized carbons (Fsp3) is 0.450. The molecule has 0 fully saturated rings. The molecule has 154 valence electrons. The lowest BCUT2D eigenvalue weighted by atomic mass is 10.1. The fourth-order valence-corrected chi connectivity index (χ4v) is 2.73. The van der Waals surface area contributed by atoms with E-state index < -0.39 is 11.5 Å². The Bertz CT molecular complexity index is 1080. The largest absolute Gasteiger partial charge is 0.491 e. The van der Waals surface area contributed by atoms with Crippen LogP contribution in [0.2, 0.25) is 0 Å². The summed E-state index contributed by atoms with van der Waals surface area (Å²) in [5.41, 5.74) is 1.73. The van der Waals surface area contributed by atoms with Crippen LogP contribution in [0.15, 0.2) is 29.2 Å². The zero-order chi connectivity index (χ0) is 21.1. The molecule has 0 aromatic carbocycles. The first-order chi connectivity index (χ1) is 13.7. The van der Waals surface area contributed by atoms with Crippen LogP contribution in [0.5, 0.6) is 5.75 Å². The zero-order valence-corrected chi connectivity index (χ0v) is 17.3. The van der Waals surface area contributed by atoms with Crippen LogP contribution >= 0.6 is 0 Å². The van der Waals surface area contributed by atoms with E-state index in [0.717, 1.165) is 10.4 Å². The van der Waals surface area contributed by atoms with E-state index in [0.29, 0.717) is 35.4 Å². The molecule has 0 aliphatic heterocycles. The van der Waals surface area contributed by atoms with Crippen LogP contribution in [0.25, 0.3) is 5.65 Å². The number of nitrogens with one attached hydrogen (secondary N) is 1. The van der Waals surface area contributed by atoms with Crippen molar-refractivity contribution in [3.8, 4) is 5.75 Å². The van der Waals surface area contributed by atoms with Crippen LogP contribution in [0.1, 0.15) is 45.0 Å². The molecule has 3 heterocycles. The van der Waals surface area contributed by atoms with Crippen molar-refractivity contribution in [2.45, 2.75) is 47.1 Å². The highest BCUT2D eigenvalue weighted by Crippen LogP contribution is 2.22. The summed E-state index contributed by atoms with van der Waals surface area (Å²) < 4.78 is 8.46. The lowest BCUT2D eigenvalue weighted by molar-refractivity contribution is -0.117. The maximum absolute atomic E-state index is 12.4. The van der Waals surface area contributed by atoms with Crippen molar-refractivity contribution < 1.29 is 9.53 Å². The number of carbonyl (C=O) groups excluding carboxylic acids is 1. The third-order valence-electron chi connectivity index (χ3n) is 4.13. The minimum atomic E-state index is -0.398. The Morgan fingerprint density at radius 1 is 1.21 bits per heavy atom. The van der Waals surface area contributed by atoms with Crippen molar-refractivity contribution in [1.29, 1.82) is 0 Å². The number of anilines is 1. The Morgan fingerprint density at radius 2 is 1.97 bits per heavy atom. The molecule has 0 radical (unpaired) electrons. The third kappa shape index (κ3) is 4.98. The number of hydrogen-bond donors (Lipinski definition) is 1. The van der Waals surface area contributed by atoms with Crippen LogP contribution in [0, 0.1) is 12.8 Å². The van der Waals surface area contributed by atoms with Gasteiger partial charge in [-0.3, -0.25) is 9.59 Å². The van der Waals surface area contributed by atoms with Gasteiger partial charge >= 0.3 is 0 Å². The summed E-state index contributed by atoms with van der Waals surface area (Å²) in [5, 5.41) is 11.3. The van der Waals surface area contributed by atoms with Crippen LogP contribution in [0.4, 0.5) is 5.82 Å². The molecule has 9 nitrogen and oxygen atoms in total. The minimum Gasteiger partial charge on any atom is -0.491 e. The maximum Gasteiger partial charge on any atom is 0.270 e. The van der Waals surface area contributed by atoms with Crippen molar-refractivity contribution in [3.63, 3.8) is 0 Å². The summed E-state index contributed by atoms with van der Waals surface area (Å²) >= 11 is 0. The average molecular weight is 398 g/mol. The average Bonchev–Trinajstić information content (AvgIpc) is 3.02. The van der Waals surface area contributed by atoms with Gasteiger partial charge < -0.3 is 10.1 Å². The number of aromatic nitrogens is 5. The second-order valence-electron chi connectivity index (χ2n) is 7.70. The summed E-state index contributed by atoms with van der Waals surface area (Å²) in [5.74, 6) is 0.802. The van der Waals surface area contributed by atoms with Gasteiger partial charge in [-0.25, -0.2) is 14.2 Å². The number of fused-ring (bicyclic) bond motifs is 1. The first-order valence-corrected chi connectivity index (χ1v) is 9.60. The molecular weight excluding hydrogens is 372 g/mol. The van der Waals surface area contributed by atoms with E-state index in [1.807, 2.05) is 40.7 Å². The molecule has 29 heavy (non-hydrogen) atoms. The van der Waals surface area contributed by atoms with Gasteiger partial charge in [-0.2, -0.15) is 5.10 Å². The topological polar surface area (TPSA) is 103 Å². The molecule has 0 saturated heterocycles. The molecule has 0 aliphatic rings. The van der Waals surface area contributed by atoms with Crippen molar-refractivity contribution in [1.82, 2.24) is 24.4 Å². The standard InChI is InChI=1S/C20H26N6O3/c1-12(2)11-29-15-8-19(28)26(24-20(15)13(3)4)10-18(27)22-16-9-17-21-14(5)6-7-25(17)23-16/h6-9,12-13H,10-11H2,1-5H3,(H,22,23,27). The lowest BCUT2D eigenvalue weighted by Gasteiger charge is -2.16. The monoisotopic (exact) mass is 398 g/mol. The molecule has 3 rings (SSSR count). The van der Waals surface area contributed by atoms with E-state index in [2.05, 4.69) is 20.5 Å². The highest BCUT2D eigenvalue weighted by Gasteiger charge is 2.16. The predicted octanol–water partition coefficient (Wildman–Crippen LogP) is 2.39. The van der Waals surface area contributed by atoms with Gasteiger partial charge in [-0.1, -0.05) is 27.7 Å². The Balaban J connectivity index is 1.78.